The van der Waals surface area contributed by atoms with Gasteiger partial charge in [0.05, 0.1) is 0 Å². The quantitative estimate of drug-likeness (QED) is 0.816. The minimum atomic E-state index is -1.15. The van der Waals surface area contributed by atoms with Crippen LogP contribution < -0.4 is 0 Å². The van der Waals surface area contributed by atoms with Crippen molar-refractivity contribution in [1.82, 2.24) is 4.98 Å². The second kappa shape index (κ2) is 3.64. The molecule has 1 aromatic heterocycles. The van der Waals surface area contributed by atoms with Crippen LogP contribution in [0.3, 0.4) is 0 Å². The minimum Gasteiger partial charge on any atom is -0.508 e. The molecule has 0 fully saturated rings. The smallest absolute Gasteiger partial charge is 0.138 e. The Hall–Kier alpha value is -1.39. The van der Waals surface area contributed by atoms with Crippen molar-refractivity contribution < 1.29 is 10.2 Å². The average Bonchev–Trinajstić information content (AvgIpc) is 2.71. The molecule has 2 aromatic rings. The molecule has 0 aliphatic carbocycles. The van der Waals surface area contributed by atoms with Gasteiger partial charge in [0, 0.05) is 11.6 Å². The Morgan fingerprint density at radius 1 is 1.40 bits per heavy atom. The van der Waals surface area contributed by atoms with E-state index in [1.807, 2.05) is 5.38 Å². The van der Waals surface area contributed by atoms with Crippen LogP contribution in [0.5, 0.6) is 5.75 Å². The minimum absolute atomic E-state index is 0.143. The lowest BCUT2D eigenvalue weighted by Gasteiger charge is -2.21. The normalized spacial score (nSPS) is 14.8. The van der Waals surface area contributed by atoms with E-state index in [1.54, 1.807) is 37.4 Å². The topological polar surface area (TPSA) is 53.4 Å². The van der Waals surface area contributed by atoms with Crippen LogP contribution in [0.15, 0.2) is 35.8 Å². The highest BCUT2D eigenvalue weighted by Crippen LogP contribution is 2.31. The first-order valence-electron chi connectivity index (χ1n) is 4.52. The summed E-state index contributed by atoms with van der Waals surface area (Å²) in [6.45, 7) is 1.67. The van der Waals surface area contributed by atoms with Gasteiger partial charge in [-0.3, -0.25) is 0 Å². The first kappa shape index (κ1) is 10.1. The molecule has 0 aliphatic rings. The van der Waals surface area contributed by atoms with Crippen LogP contribution in [0.4, 0.5) is 0 Å². The third-order valence-electron chi connectivity index (χ3n) is 2.26. The predicted octanol–water partition coefficient (Wildman–Crippen LogP) is 2.10. The largest absolute Gasteiger partial charge is 0.508 e. The van der Waals surface area contributed by atoms with Crippen LogP contribution in [0, 0.1) is 0 Å². The Morgan fingerprint density at radius 2 is 2.20 bits per heavy atom. The van der Waals surface area contributed by atoms with Crippen LogP contribution in [-0.4, -0.2) is 15.2 Å². The van der Waals surface area contributed by atoms with Crippen LogP contribution >= 0.6 is 11.3 Å². The third kappa shape index (κ3) is 1.86. The van der Waals surface area contributed by atoms with Gasteiger partial charge in [0.15, 0.2) is 0 Å². The Bertz CT molecular complexity index is 451. The van der Waals surface area contributed by atoms with E-state index in [0.717, 1.165) is 0 Å². The summed E-state index contributed by atoms with van der Waals surface area (Å²) in [5.74, 6) is 0.143. The van der Waals surface area contributed by atoms with Gasteiger partial charge in [0.2, 0.25) is 0 Å². The van der Waals surface area contributed by atoms with E-state index >= 15 is 0 Å². The molecule has 0 amide bonds. The summed E-state index contributed by atoms with van der Waals surface area (Å²) < 4.78 is 0. The Labute approximate surface area is 91.7 Å². The maximum atomic E-state index is 10.3. The number of aromatic nitrogens is 1. The van der Waals surface area contributed by atoms with Crippen molar-refractivity contribution in [2.45, 2.75) is 12.5 Å². The zero-order chi connectivity index (χ0) is 10.9. The molecule has 4 heteroatoms. The summed E-state index contributed by atoms with van der Waals surface area (Å²) in [7, 11) is 0. The Balaban J connectivity index is 2.46. The lowest BCUT2D eigenvalue weighted by atomic mass is 9.97. The Kier molecular flexibility index (Phi) is 2.46. The molecule has 0 saturated carbocycles. The fraction of sp³-hybridized carbons (Fsp3) is 0.182. The summed E-state index contributed by atoms with van der Waals surface area (Å²) >= 11 is 1.39. The standard InChI is InChI=1S/C11H11NO2S/c1-11(14,10-12-5-6-15-10)8-3-2-4-9(13)7-8/h2-7,13-14H,1H3. The fourth-order valence-corrected chi connectivity index (χ4v) is 2.12. The summed E-state index contributed by atoms with van der Waals surface area (Å²) in [5, 5.41) is 22.1. The van der Waals surface area contributed by atoms with Gasteiger partial charge < -0.3 is 10.2 Å². The van der Waals surface area contributed by atoms with Crippen molar-refractivity contribution in [2.75, 3.05) is 0 Å². The molecule has 1 unspecified atom stereocenters. The maximum absolute atomic E-state index is 10.3. The van der Waals surface area contributed by atoms with E-state index in [4.69, 9.17) is 0 Å². The summed E-state index contributed by atoms with van der Waals surface area (Å²) in [6.07, 6.45) is 1.65. The summed E-state index contributed by atoms with van der Waals surface area (Å²) in [4.78, 5) is 4.08. The van der Waals surface area contributed by atoms with Gasteiger partial charge >= 0.3 is 0 Å². The van der Waals surface area contributed by atoms with Crippen LogP contribution in [0.2, 0.25) is 0 Å². The zero-order valence-electron chi connectivity index (χ0n) is 8.21. The highest BCUT2D eigenvalue weighted by molar-refractivity contribution is 7.09. The molecule has 1 atom stereocenters. The van der Waals surface area contributed by atoms with Crippen molar-refractivity contribution in [3.63, 3.8) is 0 Å². The van der Waals surface area contributed by atoms with E-state index in [-0.39, 0.29) is 5.75 Å². The van der Waals surface area contributed by atoms with Crippen molar-refractivity contribution in [2.24, 2.45) is 0 Å². The molecule has 78 valence electrons. The number of phenolic OH excluding ortho intramolecular Hbond substituents is 1. The van der Waals surface area contributed by atoms with Crippen LogP contribution in [0.1, 0.15) is 17.5 Å². The van der Waals surface area contributed by atoms with Gasteiger partial charge in [-0.25, -0.2) is 4.98 Å². The lowest BCUT2D eigenvalue weighted by Crippen LogP contribution is -2.22. The third-order valence-corrected chi connectivity index (χ3v) is 3.24. The molecule has 0 radical (unpaired) electrons. The van der Waals surface area contributed by atoms with E-state index in [1.165, 1.54) is 11.3 Å². The van der Waals surface area contributed by atoms with Crippen LogP contribution in [0.25, 0.3) is 0 Å². The first-order valence-corrected chi connectivity index (χ1v) is 5.40. The van der Waals surface area contributed by atoms with E-state index < -0.39 is 5.60 Å². The molecule has 2 N–H and O–H groups in total. The Morgan fingerprint density at radius 3 is 2.80 bits per heavy atom. The number of phenols is 1. The van der Waals surface area contributed by atoms with E-state index in [9.17, 15) is 10.2 Å². The van der Waals surface area contributed by atoms with Crippen LogP contribution in [-0.2, 0) is 5.60 Å². The SMILES string of the molecule is CC(O)(c1cccc(O)c1)c1nccs1. The number of aromatic hydroxyl groups is 1. The van der Waals surface area contributed by atoms with Crippen molar-refractivity contribution in [1.29, 1.82) is 0 Å². The predicted molar refractivity (Wildman–Crippen MR) is 58.9 cm³/mol. The molecule has 15 heavy (non-hydrogen) atoms. The molecule has 1 heterocycles. The van der Waals surface area contributed by atoms with Crippen molar-refractivity contribution in [3.05, 3.63) is 46.4 Å². The maximum Gasteiger partial charge on any atom is 0.138 e. The number of hydrogen-bond acceptors (Lipinski definition) is 4. The van der Waals surface area contributed by atoms with Gasteiger partial charge in [-0.15, -0.1) is 11.3 Å². The van der Waals surface area contributed by atoms with E-state index in [0.29, 0.717) is 10.6 Å². The fourth-order valence-electron chi connectivity index (χ4n) is 1.40. The molecular weight excluding hydrogens is 210 g/mol. The average molecular weight is 221 g/mol. The number of hydrogen-bond donors (Lipinski definition) is 2. The molecule has 0 saturated heterocycles. The van der Waals surface area contributed by atoms with Gasteiger partial charge in [-0.2, -0.15) is 0 Å². The monoisotopic (exact) mass is 221 g/mol. The van der Waals surface area contributed by atoms with Crippen molar-refractivity contribution in [3.8, 4) is 5.75 Å². The van der Waals surface area contributed by atoms with Gasteiger partial charge in [0.1, 0.15) is 16.4 Å². The number of thiazole rings is 1. The molecule has 0 spiro atoms. The van der Waals surface area contributed by atoms with Gasteiger partial charge in [-0.1, -0.05) is 12.1 Å². The number of benzene rings is 1. The molecule has 2 rings (SSSR count). The van der Waals surface area contributed by atoms with E-state index in [2.05, 4.69) is 4.98 Å². The number of rotatable bonds is 2. The summed E-state index contributed by atoms with van der Waals surface area (Å²) in [5.41, 5.74) is -0.509. The van der Waals surface area contributed by atoms with Gasteiger partial charge in [0.25, 0.3) is 0 Å². The molecular formula is C11H11NO2S. The zero-order valence-corrected chi connectivity index (χ0v) is 9.03. The number of aliphatic hydroxyl groups is 1. The second-order valence-electron chi connectivity index (χ2n) is 3.46. The molecule has 3 nitrogen and oxygen atoms in total. The molecule has 0 aliphatic heterocycles. The van der Waals surface area contributed by atoms with Crippen molar-refractivity contribution >= 4 is 11.3 Å². The highest BCUT2D eigenvalue weighted by Gasteiger charge is 2.28. The lowest BCUT2D eigenvalue weighted by molar-refractivity contribution is 0.102. The second-order valence-corrected chi connectivity index (χ2v) is 4.35. The van der Waals surface area contributed by atoms with Gasteiger partial charge in [-0.05, 0) is 24.6 Å². The molecule has 1 aromatic carbocycles. The highest BCUT2D eigenvalue weighted by atomic mass is 32.1. The number of nitrogens with zero attached hydrogens (tertiary/aromatic N) is 1. The molecule has 0 bridgehead atoms. The first-order chi connectivity index (χ1) is 7.10. The summed E-state index contributed by atoms with van der Waals surface area (Å²) in [6, 6.07) is 6.58.